The highest BCUT2D eigenvalue weighted by Gasteiger charge is 2.24. The van der Waals surface area contributed by atoms with Crippen LogP contribution in [0.5, 0.6) is 11.6 Å². The lowest BCUT2D eigenvalue weighted by Crippen LogP contribution is -2.04. The van der Waals surface area contributed by atoms with Gasteiger partial charge in [0.25, 0.3) is 0 Å². The molecule has 3 heteroatoms. The van der Waals surface area contributed by atoms with Gasteiger partial charge in [-0.25, -0.2) is 0 Å². The van der Waals surface area contributed by atoms with E-state index in [2.05, 4.69) is 91.3 Å². The molecule has 4 aromatic rings. The van der Waals surface area contributed by atoms with Crippen molar-refractivity contribution in [2.45, 2.75) is 26.2 Å². The Balaban J connectivity index is 1.89. The van der Waals surface area contributed by atoms with Gasteiger partial charge in [0, 0.05) is 18.2 Å². The van der Waals surface area contributed by atoms with Gasteiger partial charge in [-0.3, -0.25) is 0 Å². The largest absolute Gasteiger partial charge is 0.497 e. The van der Waals surface area contributed by atoms with E-state index in [0.29, 0.717) is 6.61 Å². The number of benzene rings is 3. The van der Waals surface area contributed by atoms with Gasteiger partial charge in [0.05, 0.1) is 19.4 Å². The average Bonchev–Trinajstić information content (AvgIpc) is 3.13. The Labute approximate surface area is 191 Å². The third-order valence-electron chi connectivity index (χ3n) is 5.81. The molecule has 0 aliphatic carbocycles. The summed E-state index contributed by atoms with van der Waals surface area (Å²) in [5.74, 6) is 1.83. The molecule has 1 aromatic heterocycles. The maximum absolute atomic E-state index is 6.35. The fourth-order valence-electron chi connectivity index (χ4n) is 4.25. The summed E-state index contributed by atoms with van der Waals surface area (Å²) >= 11 is 0. The average molecular weight is 426 g/mol. The molecule has 164 valence electrons. The highest BCUT2D eigenvalue weighted by Crippen LogP contribution is 2.43. The van der Waals surface area contributed by atoms with Gasteiger partial charge < -0.3 is 14.0 Å². The Morgan fingerprint density at radius 2 is 1.41 bits per heavy atom. The highest BCUT2D eigenvalue weighted by molar-refractivity contribution is 5.86. The standard InChI is InChI=1S/C29H31NO2/c1-4-21-32-29-26(20-15-22-11-7-5-8-12-22)27(23-16-18-25(31-3)19-17-23)28(30(29)2)24-13-9-6-10-14-24/h5-14,16-19H,4,15,20-21H2,1-3H3. The Hall–Kier alpha value is -3.46. The molecule has 3 aromatic carbocycles. The van der Waals surface area contributed by atoms with Crippen molar-refractivity contribution in [2.24, 2.45) is 7.05 Å². The van der Waals surface area contributed by atoms with E-state index >= 15 is 0 Å². The summed E-state index contributed by atoms with van der Waals surface area (Å²) in [6.07, 6.45) is 2.84. The van der Waals surface area contributed by atoms with E-state index in [1.165, 1.54) is 33.5 Å². The molecule has 0 saturated carbocycles. The lowest BCUT2D eigenvalue weighted by atomic mass is 9.94. The molecule has 3 nitrogen and oxygen atoms in total. The van der Waals surface area contributed by atoms with E-state index in [1.807, 2.05) is 12.1 Å². The number of hydrogen-bond donors (Lipinski definition) is 0. The molecule has 32 heavy (non-hydrogen) atoms. The van der Waals surface area contributed by atoms with Crippen LogP contribution in [0.4, 0.5) is 0 Å². The molecule has 0 aliphatic heterocycles. The molecule has 0 atom stereocenters. The first-order valence-electron chi connectivity index (χ1n) is 11.3. The van der Waals surface area contributed by atoms with Crippen LogP contribution in [0.25, 0.3) is 22.4 Å². The molecule has 0 saturated heterocycles. The Morgan fingerprint density at radius 1 is 0.750 bits per heavy atom. The molecule has 0 radical (unpaired) electrons. The number of methoxy groups -OCH3 is 1. The molecule has 0 N–H and O–H groups in total. The first kappa shape index (κ1) is 21.8. The predicted octanol–water partition coefficient (Wildman–Crippen LogP) is 6.94. The highest BCUT2D eigenvalue weighted by atomic mass is 16.5. The SMILES string of the molecule is CCCOc1c(CCc2ccccc2)c(-c2ccc(OC)cc2)c(-c2ccccc2)n1C. The van der Waals surface area contributed by atoms with Crippen LogP contribution in [-0.4, -0.2) is 18.3 Å². The molecule has 0 unspecified atom stereocenters. The molecule has 1 heterocycles. The topological polar surface area (TPSA) is 23.4 Å². The van der Waals surface area contributed by atoms with Crippen LogP contribution in [0.2, 0.25) is 0 Å². The lowest BCUT2D eigenvalue weighted by Gasteiger charge is -2.11. The maximum atomic E-state index is 6.35. The summed E-state index contributed by atoms with van der Waals surface area (Å²) in [7, 11) is 3.82. The number of nitrogens with zero attached hydrogens (tertiary/aromatic N) is 1. The van der Waals surface area contributed by atoms with Gasteiger partial charge in [0.2, 0.25) is 0 Å². The van der Waals surface area contributed by atoms with Crippen molar-refractivity contribution in [3.63, 3.8) is 0 Å². The van der Waals surface area contributed by atoms with Gasteiger partial charge >= 0.3 is 0 Å². The molecule has 0 fully saturated rings. The quantitative estimate of drug-likeness (QED) is 0.290. The Bertz CT molecular complexity index is 1130. The van der Waals surface area contributed by atoms with Crippen LogP contribution < -0.4 is 9.47 Å². The van der Waals surface area contributed by atoms with E-state index in [0.717, 1.165) is 30.9 Å². The van der Waals surface area contributed by atoms with Gasteiger partial charge in [0.15, 0.2) is 5.88 Å². The van der Waals surface area contributed by atoms with Crippen molar-refractivity contribution in [2.75, 3.05) is 13.7 Å². The van der Waals surface area contributed by atoms with Gasteiger partial charge in [0.1, 0.15) is 5.75 Å². The molecule has 0 amide bonds. The molecule has 4 rings (SSSR count). The first-order chi connectivity index (χ1) is 15.7. The minimum absolute atomic E-state index is 0.701. The number of hydrogen-bond acceptors (Lipinski definition) is 2. The monoisotopic (exact) mass is 425 g/mol. The van der Waals surface area contributed by atoms with Crippen molar-refractivity contribution in [3.8, 4) is 34.0 Å². The maximum Gasteiger partial charge on any atom is 0.197 e. The molecule has 0 aliphatic rings. The summed E-state index contributed by atoms with van der Waals surface area (Å²) < 4.78 is 14.0. The van der Waals surface area contributed by atoms with E-state index in [9.17, 15) is 0 Å². The summed E-state index contributed by atoms with van der Waals surface area (Å²) in [4.78, 5) is 0. The Morgan fingerprint density at radius 3 is 2.03 bits per heavy atom. The van der Waals surface area contributed by atoms with Crippen molar-refractivity contribution < 1.29 is 9.47 Å². The number of rotatable bonds is 9. The van der Waals surface area contributed by atoms with Gasteiger partial charge in [-0.05, 0) is 48.1 Å². The van der Waals surface area contributed by atoms with E-state index in [4.69, 9.17) is 9.47 Å². The van der Waals surface area contributed by atoms with Gasteiger partial charge in [-0.15, -0.1) is 0 Å². The third-order valence-corrected chi connectivity index (χ3v) is 5.81. The van der Waals surface area contributed by atoms with E-state index < -0.39 is 0 Å². The minimum atomic E-state index is 0.701. The van der Waals surface area contributed by atoms with Crippen molar-refractivity contribution >= 4 is 0 Å². The lowest BCUT2D eigenvalue weighted by molar-refractivity contribution is 0.292. The number of aryl methyl sites for hydroxylation is 1. The number of ether oxygens (including phenoxy) is 2. The van der Waals surface area contributed by atoms with Crippen LogP contribution in [0.3, 0.4) is 0 Å². The Kier molecular flexibility index (Phi) is 6.96. The van der Waals surface area contributed by atoms with Crippen molar-refractivity contribution in [1.82, 2.24) is 4.57 Å². The van der Waals surface area contributed by atoms with Crippen LogP contribution in [0.15, 0.2) is 84.9 Å². The zero-order valence-corrected chi connectivity index (χ0v) is 19.2. The zero-order chi connectivity index (χ0) is 22.3. The smallest absolute Gasteiger partial charge is 0.197 e. The van der Waals surface area contributed by atoms with E-state index in [1.54, 1.807) is 7.11 Å². The van der Waals surface area contributed by atoms with Crippen LogP contribution in [0.1, 0.15) is 24.5 Å². The summed E-state index contributed by atoms with van der Waals surface area (Å²) in [5.41, 5.74) is 7.38. The molecule has 0 bridgehead atoms. The zero-order valence-electron chi connectivity index (χ0n) is 19.2. The van der Waals surface area contributed by atoms with Crippen LogP contribution in [0, 0.1) is 0 Å². The second-order valence-corrected chi connectivity index (χ2v) is 7.99. The molecule has 0 spiro atoms. The van der Waals surface area contributed by atoms with Crippen LogP contribution >= 0.6 is 0 Å². The summed E-state index contributed by atoms with van der Waals surface area (Å²) in [6, 6.07) is 29.6. The number of aromatic nitrogens is 1. The van der Waals surface area contributed by atoms with Crippen molar-refractivity contribution in [1.29, 1.82) is 0 Å². The fraction of sp³-hybridized carbons (Fsp3) is 0.241. The molecular formula is C29H31NO2. The van der Waals surface area contributed by atoms with Crippen molar-refractivity contribution in [3.05, 3.63) is 96.1 Å². The minimum Gasteiger partial charge on any atom is -0.497 e. The summed E-state index contributed by atoms with van der Waals surface area (Å²) in [6.45, 7) is 2.85. The van der Waals surface area contributed by atoms with Gasteiger partial charge in [-0.2, -0.15) is 0 Å². The normalized spacial score (nSPS) is 10.8. The second kappa shape index (κ2) is 10.2. The molecular weight excluding hydrogens is 394 g/mol. The van der Waals surface area contributed by atoms with E-state index in [-0.39, 0.29) is 0 Å². The fourth-order valence-corrected chi connectivity index (χ4v) is 4.25. The summed E-state index contributed by atoms with van der Waals surface area (Å²) in [5, 5.41) is 0. The van der Waals surface area contributed by atoms with Gasteiger partial charge in [-0.1, -0.05) is 79.7 Å². The third kappa shape index (κ3) is 4.57. The predicted molar refractivity (Wildman–Crippen MR) is 132 cm³/mol. The second-order valence-electron chi connectivity index (χ2n) is 7.99. The first-order valence-corrected chi connectivity index (χ1v) is 11.3. The van der Waals surface area contributed by atoms with Crippen LogP contribution in [-0.2, 0) is 19.9 Å².